The van der Waals surface area contributed by atoms with Gasteiger partial charge in [-0.25, -0.2) is 0 Å². The Morgan fingerprint density at radius 2 is 1.96 bits per heavy atom. The van der Waals surface area contributed by atoms with Crippen LogP contribution in [0.4, 0.5) is 0 Å². The summed E-state index contributed by atoms with van der Waals surface area (Å²) in [5.74, 6) is -0.400. The van der Waals surface area contributed by atoms with Crippen molar-refractivity contribution in [2.45, 2.75) is 13.8 Å². The maximum atomic E-state index is 11.9. The normalized spacial score (nSPS) is 10.2. The first kappa shape index (κ1) is 20.3. The van der Waals surface area contributed by atoms with E-state index in [0.29, 0.717) is 5.75 Å². The number of hydrazine groups is 1. The fraction of sp³-hybridized carbons (Fsp3) is 0.200. The molecule has 26 heavy (non-hydrogen) atoms. The third-order valence-electron chi connectivity index (χ3n) is 3.02. The molecule has 0 fully saturated rings. The van der Waals surface area contributed by atoms with Crippen LogP contribution in [0.1, 0.15) is 21.7 Å². The van der Waals surface area contributed by atoms with Crippen LogP contribution >= 0.6 is 44.1 Å². The highest BCUT2D eigenvalue weighted by molar-refractivity contribution is 9.11. The number of halogens is 2. The number of aromatic amines is 1. The topological polar surface area (TPSA) is 108 Å². The fourth-order valence-corrected chi connectivity index (χ4v) is 3.63. The van der Waals surface area contributed by atoms with Gasteiger partial charge in [-0.15, -0.1) is 0 Å². The van der Waals surface area contributed by atoms with Crippen LogP contribution in [0.3, 0.4) is 0 Å². The number of aryl methyl sites for hydroxylation is 2. The number of thiocarbonyl (C=S) groups is 1. The second kappa shape index (κ2) is 9.10. The minimum atomic E-state index is -0.489. The molecule has 0 atom stereocenters. The van der Waals surface area contributed by atoms with Crippen LogP contribution < -0.4 is 20.9 Å². The first-order valence-corrected chi connectivity index (χ1v) is 9.26. The zero-order valence-electron chi connectivity index (χ0n) is 13.8. The molecule has 0 aliphatic heterocycles. The molecular weight excluding hydrogens is 490 g/mol. The largest absolute Gasteiger partial charge is 0.482 e. The Balaban J connectivity index is 1.79. The zero-order valence-corrected chi connectivity index (χ0v) is 17.8. The Morgan fingerprint density at radius 1 is 1.23 bits per heavy atom. The molecule has 0 saturated heterocycles. The minimum Gasteiger partial charge on any atom is -0.482 e. The molecule has 11 heteroatoms. The maximum absolute atomic E-state index is 11.9. The van der Waals surface area contributed by atoms with Crippen LogP contribution in [0.2, 0.25) is 0 Å². The van der Waals surface area contributed by atoms with E-state index in [2.05, 4.69) is 58.2 Å². The molecule has 1 aromatic heterocycles. The molecule has 0 unspecified atom stereocenters. The van der Waals surface area contributed by atoms with Crippen molar-refractivity contribution in [2.24, 2.45) is 0 Å². The number of nitrogens with zero attached hydrogens (tertiary/aromatic N) is 1. The van der Waals surface area contributed by atoms with Crippen LogP contribution in [0.5, 0.6) is 5.75 Å². The van der Waals surface area contributed by atoms with Gasteiger partial charge in [0.2, 0.25) is 0 Å². The molecular formula is C15H15Br2N5O3S. The number of benzene rings is 1. The van der Waals surface area contributed by atoms with E-state index in [1.807, 2.05) is 19.1 Å². The monoisotopic (exact) mass is 503 g/mol. The standard InChI is InChI=1S/C15H15Br2N5O3S/c1-7-3-9(16)5-10(17)13(7)25-6-12(23)18-15(26)22-21-14(24)11-4-8(2)19-20-11/h3-5H,6H2,1-2H3,(H,19,20)(H,21,24)(H2,18,22,23,26). The second-order valence-electron chi connectivity index (χ2n) is 5.21. The van der Waals surface area contributed by atoms with Crippen molar-refractivity contribution in [2.75, 3.05) is 6.61 Å². The van der Waals surface area contributed by atoms with E-state index in [1.54, 1.807) is 13.0 Å². The van der Waals surface area contributed by atoms with Crippen molar-refractivity contribution >= 4 is 61.0 Å². The van der Waals surface area contributed by atoms with E-state index in [0.717, 1.165) is 20.2 Å². The smallest absolute Gasteiger partial charge is 0.290 e. The lowest BCUT2D eigenvalue weighted by atomic mass is 10.2. The van der Waals surface area contributed by atoms with Gasteiger partial charge in [0, 0.05) is 10.2 Å². The number of nitrogens with one attached hydrogen (secondary N) is 4. The summed E-state index contributed by atoms with van der Waals surface area (Å²) in [6.45, 7) is 3.39. The minimum absolute atomic E-state index is 0.0641. The summed E-state index contributed by atoms with van der Waals surface area (Å²) in [6, 6.07) is 5.26. The molecule has 0 aliphatic rings. The van der Waals surface area contributed by atoms with Gasteiger partial charge < -0.3 is 4.74 Å². The quantitative estimate of drug-likeness (QED) is 0.375. The van der Waals surface area contributed by atoms with Crippen molar-refractivity contribution in [3.8, 4) is 5.75 Å². The molecule has 2 aromatic rings. The van der Waals surface area contributed by atoms with Gasteiger partial charge in [0.15, 0.2) is 17.4 Å². The summed E-state index contributed by atoms with van der Waals surface area (Å²) in [5.41, 5.74) is 6.57. The van der Waals surface area contributed by atoms with Gasteiger partial charge in [0.05, 0.1) is 4.47 Å². The molecule has 0 saturated carbocycles. The SMILES string of the molecule is Cc1cc(C(=O)NNC(=S)NC(=O)COc2c(C)cc(Br)cc2Br)n[nH]1. The Morgan fingerprint density at radius 3 is 2.58 bits per heavy atom. The molecule has 8 nitrogen and oxygen atoms in total. The van der Waals surface area contributed by atoms with Gasteiger partial charge in [-0.1, -0.05) is 15.9 Å². The first-order chi connectivity index (χ1) is 12.3. The summed E-state index contributed by atoms with van der Waals surface area (Å²) in [6.07, 6.45) is 0. The summed E-state index contributed by atoms with van der Waals surface area (Å²) in [7, 11) is 0. The Bertz CT molecular complexity index is 833. The number of aromatic nitrogens is 2. The van der Waals surface area contributed by atoms with Crippen molar-refractivity contribution < 1.29 is 14.3 Å². The molecule has 138 valence electrons. The van der Waals surface area contributed by atoms with Crippen LogP contribution in [-0.4, -0.2) is 33.7 Å². The summed E-state index contributed by atoms with van der Waals surface area (Å²) < 4.78 is 7.13. The van der Waals surface area contributed by atoms with E-state index in [4.69, 9.17) is 17.0 Å². The number of hydrogen-bond acceptors (Lipinski definition) is 5. The van der Waals surface area contributed by atoms with Crippen molar-refractivity contribution in [1.29, 1.82) is 0 Å². The highest BCUT2D eigenvalue weighted by Gasteiger charge is 2.12. The molecule has 4 N–H and O–H groups in total. The predicted octanol–water partition coefficient (Wildman–Crippen LogP) is 2.27. The highest BCUT2D eigenvalue weighted by Crippen LogP contribution is 2.32. The second-order valence-corrected chi connectivity index (χ2v) is 7.39. The van der Waals surface area contributed by atoms with Crippen LogP contribution in [0, 0.1) is 13.8 Å². The van der Waals surface area contributed by atoms with Crippen LogP contribution in [0.15, 0.2) is 27.1 Å². The van der Waals surface area contributed by atoms with Crippen LogP contribution in [0.25, 0.3) is 0 Å². The van der Waals surface area contributed by atoms with Gasteiger partial charge in [0.1, 0.15) is 5.75 Å². The lowest BCUT2D eigenvalue weighted by Crippen LogP contribution is -2.49. The Labute approximate surface area is 171 Å². The number of H-pyrrole nitrogens is 1. The maximum Gasteiger partial charge on any atom is 0.290 e. The molecule has 1 heterocycles. The van der Waals surface area contributed by atoms with E-state index in [1.165, 1.54) is 0 Å². The molecule has 2 amide bonds. The van der Waals surface area contributed by atoms with E-state index in [9.17, 15) is 9.59 Å². The van der Waals surface area contributed by atoms with E-state index in [-0.39, 0.29) is 17.4 Å². The van der Waals surface area contributed by atoms with E-state index < -0.39 is 11.8 Å². The Hall–Kier alpha value is -1.98. The lowest BCUT2D eigenvalue weighted by molar-refractivity contribution is -0.121. The number of carbonyl (C=O) groups excluding carboxylic acids is 2. The molecule has 2 rings (SSSR count). The van der Waals surface area contributed by atoms with Crippen molar-refractivity contribution in [3.63, 3.8) is 0 Å². The number of hydrogen-bond donors (Lipinski definition) is 4. The van der Waals surface area contributed by atoms with Crippen molar-refractivity contribution in [3.05, 3.63) is 44.1 Å². The van der Waals surface area contributed by atoms with E-state index >= 15 is 0 Å². The first-order valence-electron chi connectivity index (χ1n) is 7.27. The molecule has 0 aliphatic carbocycles. The van der Waals surface area contributed by atoms with Crippen molar-refractivity contribution in [1.82, 2.24) is 26.4 Å². The lowest BCUT2D eigenvalue weighted by Gasteiger charge is -2.13. The van der Waals surface area contributed by atoms with Crippen LogP contribution in [-0.2, 0) is 4.79 Å². The molecule has 0 spiro atoms. The number of rotatable bonds is 4. The Kier molecular flexibility index (Phi) is 7.12. The molecule has 0 bridgehead atoms. The summed E-state index contributed by atoms with van der Waals surface area (Å²) in [4.78, 5) is 23.7. The average Bonchev–Trinajstić information content (AvgIpc) is 2.98. The van der Waals surface area contributed by atoms with Gasteiger partial charge in [-0.2, -0.15) is 5.10 Å². The van der Waals surface area contributed by atoms with Gasteiger partial charge in [-0.05, 0) is 65.8 Å². The third-order valence-corrected chi connectivity index (χ3v) is 4.27. The molecule has 0 radical (unpaired) electrons. The van der Waals surface area contributed by atoms with Gasteiger partial charge in [-0.3, -0.25) is 30.9 Å². The highest BCUT2D eigenvalue weighted by atomic mass is 79.9. The number of ether oxygens (including phenoxy) is 1. The summed E-state index contributed by atoms with van der Waals surface area (Å²) in [5, 5.41) is 8.79. The third kappa shape index (κ3) is 5.78. The fourth-order valence-electron chi connectivity index (χ4n) is 1.92. The summed E-state index contributed by atoms with van der Waals surface area (Å²) >= 11 is 11.7. The average molecular weight is 505 g/mol. The zero-order chi connectivity index (χ0) is 19.3. The van der Waals surface area contributed by atoms with Gasteiger partial charge >= 0.3 is 0 Å². The van der Waals surface area contributed by atoms with Gasteiger partial charge in [0.25, 0.3) is 11.8 Å². The molecule has 1 aromatic carbocycles. The predicted molar refractivity (Wildman–Crippen MR) is 107 cm³/mol. The number of carbonyl (C=O) groups is 2. The number of amides is 2.